The van der Waals surface area contributed by atoms with Crippen LogP contribution in [-0.4, -0.2) is 79.9 Å². The maximum absolute atomic E-state index is 13.7. The van der Waals surface area contributed by atoms with Crippen LogP contribution in [0, 0.1) is 5.82 Å². The normalized spacial score (nSPS) is 21.7. The molecule has 2 heterocycles. The highest BCUT2D eigenvalue weighted by atomic mass is 32.2. The molecule has 0 amide bonds. The fourth-order valence-corrected chi connectivity index (χ4v) is 8.10. The molecule has 292 valence electrons. The third-order valence-electron chi connectivity index (χ3n) is 9.06. The first-order chi connectivity index (χ1) is 24.0. The lowest BCUT2D eigenvalue weighted by molar-refractivity contribution is -0.0557. The number of phosphoric acid groups is 1. The molecule has 50 heavy (non-hydrogen) atoms. The van der Waals surface area contributed by atoms with E-state index >= 15 is 0 Å². The molecule has 1 saturated heterocycles. The minimum atomic E-state index is -4.56. The number of unbranched alkanes of at least 4 members (excludes halogenated alkanes) is 14. The van der Waals surface area contributed by atoms with E-state index in [0.29, 0.717) is 29.0 Å². The van der Waals surface area contributed by atoms with Crippen molar-refractivity contribution >= 4 is 19.6 Å². The number of aromatic amines is 1. The quantitative estimate of drug-likeness (QED) is 0.0471. The van der Waals surface area contributed by atoms with Gasteiger partial charge >= 0.3 is 13.5 Å². The molecule has 0 aliphatic carbocycles. The van der Waals surface area contributed by atoms with Gasteiger partial charge in [0.05, 0.1) is 25.5 Å². The van der Waals surface area contributed by atoms with Crippen LogP contribution in [-0.2, 0) is 23.1 Å². The first kappa shape index (κ1) is 45.1. The van der Waals surface area contributed by atoms with Crippen molar-refractivity contribution in [2.75, 3.05) is 25.6 Å². The van der Waals surface area contributed by atoms with Crippen LogP contribution in [0.15, 0.2) is 15.8 Å². The van der Waals surface area contributed by atoms with Crippen molar-refractivity contribution < 1.29 is 42.6 Å². The maximum Gasteiger partial charge on any atom is 0.472 e. The van der Waals surface area contributed by atoms with Gasteiger partial charge in [0.25, 0.3) is 5.56 Å². The van der Waals surface area contributed by atoms with Crippen molar-refractivity contribution in [3.8, 4) is 0 Å². The number of hydrogen-bond acceptors (Lipinski definition) is 10. The van der Waals surface area contributed by atoms with Gasteiger partial charge in [0, 0.05) is 11.9 Å². The summed E-state index contributed by atoms with van der Waals surface area (Å²) in [4.78, 5) is 35.2. The van der Waals surface area contributed by atoms with E-state index in [2.05, 4.69) is 20.8 Å². The number of aromatic nitrogens is 2. The van der Waals surface area contributed by atoms with Gasteiger partial charge in [-0.1, -0.05) is 110 Å². The van der Waals surface area contributed by atoms with E-state index in [1.54, 1.807) is 4.98 Å². The Labute approximate surface area is 301 Å². The topological polar surface area (TPSA) is 170 Å². The van der Waals surface area contributed by atoms with E-state index < -0.39 is 56.0 Å². The van der Waals surface area contributed by atoms with E-state index in [4.69, 9.17) is 18.5 Å². The van der Waals surface area contributed by atoms with Crippen molar-refractivity contribution in [2.45, 2.75) is 172 Å². The summed E-state index contributed by atoms with van der Waals surface area (Å²) >= 11 is 2.00. The molecule has 0 bridgehead atoms. The van der Waals surface area contributed by atoms with Crippen molar-refractivity contribution in [1.82, 2.24) is 9.55 Å². The molecule has 0 aromatic carbocycles. The predicted molar refractivity (Wildman–Crippen MR) is 195 cm³/mol. The zero-order valence-corrected chi connectivity index (χ0v) is 32.2. The molecule has 0 saturated carbocycles. The molecule has 1 aromatic heterocycles. The lowest BCUT2D eigenvalue weighted by Crippen LogP contribution is -2.38. The molecule has 4 N–H and O–H groups in total. The molecule has 0 radical (unpaired) electrons. The van der Waals surface area contributed by atoms with Gasteiger partial charge in [0.15, 0.2) is 6.23 Å². The number of halogens is 1. The minimum Gasteiger partial charge on any atom is -0.387 e. The molecule has 12 nitrogen and oxygen atoms in total. The Hall–Kier alpha value is -1.09. The summed E-state index contributed by atoms with van der Waals surface area (Å²) in [5.74, 6) is -0.174. The molecule has 1 aliphatic rings. The summed E-state index contributed by atoms with van der Waals surface area (Å²) in [5.41, 5.74) is -2.31. The van der Waals surface area contributed by atoms with Gasteiger partial charge in [-0.05, 0) is 31.9 Å². The zero-order chi connectivity index (χ0) is 36.8. The van der Waals surface area contributed by atoms with Crippen LogP contribution in [0.25, 0.3) is 0 Å². The van der Waals surface area contributed by atoms with Gasteiger partial charge in [0.1, 0.15) is 18.3 Å². The van der Waals surface area contributed by atoms with Crippen molar-refractivity contribution in [3.63, 3.8) is 0 Å². The monoisotopic (exact) mass is 754 g/mol. The van der Waals surface area contributed by atoms with Gasteiger partial charge in [0.2, 0.25) is 5.82 Å². The Kier molecular flexibility index (Phi) is 23.3. The van der Waals surface area contributed by atoms with Crippen LogP contribution in [0.3, 0.4) is 0 Å². The first-order valence-corrected chi connectivity index (χ1v) is 21.4. The molecular weight excluding hydrogens is 690 g/mol. The van der Waals surface area contributed by atoms with Gasteiger partial charge in [-0.25, -0.2) is 9.36 Å². The van der Waals surface area contributed by atoms with Gasteiger partial charge in [-0.15, -0.1) is 0 Å². The molecule has 3 unspecified atom stereocenters. The fourth-order valence-electron chi connectivity index (χ4n) is 5.97. The smallest absolute Gasteiger partial charge is 0.387 e. The van der Waals surface area contributed by atoms with Crippen LogP contribution in [0.1, 0.15) is 143 Å². The number of aliphatic hydroxyl groups excluding tert-OH is 2. The summed E-state index contributed by atoms with van der Waals surface area (Å²) in [6.45, 7) is 6.15. The average molecular weight is 755 g/mol. The number of phosphoric ester groups is 1. The van der Waals surface area contributed by atoms with Gasteiger partial charge in [-0.3, -0.25) is 23.4 Å². The molecule has 1 aliphatic heterocycles. The van der Waals surface area contributed by atoms with Crippen LogP contribution in [0.2, 0.25) is 0 Å². The standard InChI is InChI=1S/C35H64FN2O10PS/c1-4-6-8-10-12-13-15-17-19-24-50-30(21-18-16-14-11-9-7-5-2)27(3)45-22-20-23-46-49(43,44)47-26-29-31(39)32(40)34(48-29)38-25-28(36)33(41)37-35(38)42/h25,27,29-32,34,39-40H,4-24,26H2,1-3H3,(H,43,44)(H,37,41,42)/t27?,29-,30?,31-,32-,34-/m1/s1. The van der Waals surface area contributed by atoms with Crippen LogP contribution in [0.4, 0.5) is 4.39 Å². The van der Waals surface area contributed by atoms with Gasteiger partial charge in [-0.2, -0.15) is 16.2 Å². The van der Waals surface area contributed by atoms with E-state index in [0.717, 1.165) is 12.2 Å². The maximum atomic E-state index is 13.7. The number of H-pyrrole nitrogens is 1. The van der Waals surface area contributed by atoms with Crippen molar-refractivity contribution in [1.29, 1.82) is 0 Å². The minimum absolute atomic E-state index is 0.0274. The molecule has 1 fully saturated rings. The molecule has 15 heteroatoms. The van der Waals surface area contributed by atoms with E-state index in [-0.39, 0.29) is 12.7 Å². The Bertz CT molecular complexity index is 1210. The third kappa shape index (κ3) is 17.6. The van der Waals surface area contributed by atoms with E-state index in [1.165, 1.54) is 103 Å². The second kappa shape index (κ2) is 25.8. The summed E-state index contributed by atoms with van der Waals surface area (Å²) in [6.07, 6.45) is 16.4. The Morgan fingerprint density at radius 1 is 0.880 bits per heavy atom. The lowest BCUT2D eigenvalue weighted by atomic mass is 10.1. The summed E-state index contributed by atoms with van der Waals surface area (Å²) in [7, 11) is -4.56. The highest BCUT2D eigenvalue weighted by molar-refractivity contribution is 7.99. The Morgan fingerprint density at radius 2 is 1.46 bits per heavy atom. The van der Waals surface area contributed by atoms with Crippen LogP contribution < -0.4 is 11.2 Å². The predicted octanol–water partition coefficient (Wildman–Crippen LogP) is 7.00. The number of nitrogens with one attached hydrogen (secondary N) is 1. The number of rotatable bonds is 30. The Balaban J connectivity index is 1.72. The molecule has 7 atom stereocenters. The van der Waals surface area contributed by atoms with Gasteiger partial charge < -0.3 is 24.6 Å². The highest BCUT2D eigenvalue weighted by Gasteiger charge is 2.45. The molecule has 1 aromatic rings. The summed E-state index contributed by atoms with van der Waals surface area (Å²) in [6, 6.07) is 0. The largest absolute Gasteiger partial charge is 0.472 e. The molecule has 0 spiro atoms. The second-order valence-corrected chi connectivity index (χ2v) is 16.2. The SMILES string of the molecule is CCCCCCCCCCCSC(CCCCCCCCC)C(C)OCCCOP(=O)(O)OC[C@H]1O[C@@H](n2cc(F)c(=O)[nH]c2=O)[C@H](O)[C@@H]1O. The Morgan fingerprint density at radius 3 is 2.08 bits per heavy atom. The summed E-state index contributed by atoms with van der Waals surface area (Å²) < 4.78 is 48.4. The average Bonchev–Trinajstić information content (AvgIpc) is 3.36. The van der Waals surface area contributed by atoms with Crippen molar-refractivity contribution in [2.24, 2.45) is 0 Å². The third-order valence-corrected chi connectivity index (χ3v) is 11.6. The zero-order valence-electron chi connectivity index (χ0n) is 30.5. The number of nitrogens with zero attached hydrogens (tertiary/aromatic N) is 1. The molecular formula is C35H64FN2O10PS. The van der Waals surface area contributed by atoms with E-state index in [9.17, 15) is 33.7 Å². The first-order valence-electron chi connectivity index (χ1n) is 18.9. The van der Waals surface area contributed by atoms with Crippen molar-refractivity contribution in [3.05, 3.63) is 32.9 Å². The number of hydrogen-bond donors (Lipinski definition) is 4. The number of thioether (sulfide) groups is 1. The number of ether oxygens (including phenoxy) is 2. The summed E-state index contributed by atoms with van der Waals surface area (Å²) in [5, 5.41) is 21.0. The van der Waals surface area contributed by atoms with Crippen LogP contribution in [0.5, 0.6) is 0 Å². The number of aliphatic hydroxyl groups is 2. The van der Waals surface area contributed by atoms with Crippen LogP contribution >= 0.6 is 19.6 Å². The molecule has 2 rings (SSSR count). The van der Waals surface area contributed by atoms with E-state index in [1.807, 2.05) is 11.8 Å². The second-order valence-electron chi connectivity index (χ2n) is 13.4. The fraction of sp³-hybridized carbons (Fsp3) is 0.886. The highest BCUT2D eigenvalue weighted by Crippen LogP contribution is 2.44. The lowest BCUT2D eigenvalue weighted by Gasteiger charge is -2.24.